The summed E-state index contributed by atoms with van der Waals surface area (Å²) >= 11 is 0. The van der Waals surface area contributed by atoms with E-state index in [9.17, 15) is 9.59 Å². The Bertz CT molecular complexity index is 1060. The Kier molecular flexibility index (Phi) is 7.37. The van der Waals surface area contributed by atoms with Crippen molar-refractivity contribution in [1.29, 1.82) is 0 Å². The van der Waals surface area contributed by atoms with Gasteiger partial charge < -0.3 is 13.9 Å². The summed E-state index contributed by atoms with van der Waals surface area (Å²) < 4.78 is 15.9. The zero-order valence-corrected chi connectivity index (χ0v) is 17.2. The molecule has 1 aromatic heterocycles. The lowest BCUT2D eigenvalue weighted by Crippen LogP contribution is -2.25. The maximum Gasteiger partial charge on any atom is 0.336 e. The summed E-state index contributed by atoms with van der Waals surface area (Å²) in [5, 5.41) is 3.91. The Hall–Kier alpha value is -4.13. The highest BCUT2D eigenvalue weighted by Crippen LogP contribution is 2.22. The van der Waals surface area contributed by atoms with Crippen molar-refractivity contribution in [2.45, 2.75) is 13.8 Å². The first kappa shape index (κ1) is 21.6. The van der Waals surface area contributed by atoms with Crippen LogP contribution in [0.2, 0.25) is 0 Å². The Morgan fingerprint density at radius 3 is 2.45 bits per heavy atom. The number of hydrogen-bond acceptors (Lipinski definition) is 6. The van der Waals surface area contributed by atoms with Crippen molar-refractivity contribution in [1.82, 2.24) is 5.43 Å². The number of benzene rings is 2. The number of esters is 1. The Labute approximate surface area is 180 Å². The molecule has 0 spiro atoms. The van der Waals surface area contributed by atoms with Crippen molar-refractivity contribution >= 4 is 24.2 Å². The van der Waals surface area contributed by atoms with E-state index in [4.69, 9.17) is 13.9 Å². The van der Waals surface area contributed by atoms with Gasteiger partial charge in [-0.2, -0.15) is 5.10 Å². The molecule has 0 aliphatic carbocycles. The number of aryl methyl sites for hydroxylation is 2. The van der Waals surface area contributed by atoms with E-state index in [0.717, 1.165) is 16.7 Å². The van der Waals surface area contributed by atoms with Crippen LogP contribution < -0.4 is 14.9 Å². The first-order valence-electron chi connectivity index (χ1n) is 9.55. The number of para-hydroxylation sites is 1. The van der Waals surface area contributed by atoms with Crippen LogP contribution >= 0.6 is 0 Å². The quantitative estimate of drug-likeness (QED) is 0.196. The third-order valence-electron chi connectivity index (χ3n) is 4.18. The number of furan rings is 1. The van der Waals surface area contributed by atoms with Gasteiger partial charge in [0.25, 0.3) is 5.91 Å². The van der Waals surface area contributed by atoms with Gasteiger partial charge in [-0.15, -0.1) is 0 Å². The molecule has 0 atom stereocenters. The minimum Gasteiger partial charge on any atom is -0.483 e. The van der Waals surface area contributed by atoms with Gasteiger partial charge in [-0.1, -0.05) is 18.2 Å². The lowest BCUT2D eigenvalue weighted by atomic mass is 10.1. The molecule has 0 saturated heterocycles. The molecule has 0 fully saturated rings. The largest absolute Gasteiger partial charge is 0.483 e. The molecule has 3 aromatic rings. The van der Waals surface area contributed by atoms with Gasteiger partial charge in [0.05, 0.1) is 12.5 Å². The highest BCUT2D eigenvalue weighted by atomic mass is 16.5. The predicted octanol–water partition coefficient (Wildman–Crippen LogP) is 4.04. The summed E-state index contributed by atoms with van der Waals surface area (Å²) in [6.45, 7) is 3.72. The monoisotopic (exact) mass is 418 g/mol. The van der Waals surface area contributed by atoms with Gasteiger partial charge in [0, 0.05) is 6.08 Å². The summed E-state index contributed by atoms with van der Waals surface area (Å²) in [4.78, 5) is 23.7. The summed E-state index contributed by atoms with van der Waals surface area (Å²) in [6, 6.07) is 15.9. The number of carbonyl (C=O) groups excluding carboxylic acids is 2. The van der Waals surface area contributed by atoms with Crippen LogP contribution in [0.15, 0.2) is 76.5 Å². The lowest BCUT2D eigenvalue weighted by molar-refractivity contribution is -0.129. The van der Waals surface area contributed by atoms with E-state index in [2.05, 4.69) is 10.5 Å². The Morgan fingerprint density at radius 2 is 1.77 bits per heavy atom. The topological polar surface area (TPSA) is 90.1 Å². The number of carbonyl (C=O) groups is 2. The molecule has 0 bridgehead atoms. The van der Waals surface area contributed by atoms with E-state index < -0.39 is 5.97 Å². The number of hydrazone groups is 1. The fraction of sp³-hybridized carbons (Fsp3) is 0.125. The molecule has 0 saturated carbocycles. The smallest absolute Gasteiger partial charge is 0.336 e. The number of amides is 1. The van der Waals surface area contributed by atoms with Crippen molar-refractivity contribution in [2.24, 2.45) is 5.10 Å². The SMILES string of the molecule is Cc1cccc(C)c1OCC(=O)N/N=C/c1ccc(OC(=O)/C=C/c2ccco2)cc1. The normalized spacial score (nSPS) is 11.0. The number of nitrogens with zero attached hydrogens (tertiary/aromatic N) is 1. The van der Waals surface area contributed by atoms with E-state index >= 15 is 0 Å². The van der Waals surface area contributed by atoms with Crippen molar-refractivity contribution in [3.05, 3.63) is 89.4 Å². The number of rotatable bonds is 8. The van der Waals surface area contributed by atoms with Crippen LogP contribution in [-0.2, 0) is 9.59 Å². The maximum absolute atomic E-state index is 11.9. The molecule has 158 valence electrons. The predicted molar refractivity (Wildman–Crippen MR) is 117 cm³/mol. The molecule has 0 aliphatic heterocycles. The molecule has 1 amide bonds. The van der Waals surface area contributed by atoms with Crippen LogP contribution in [-0.4, -0.2) is 24.7 Å². The molecule has 0 unspecified atom stereocenters. The zero-order chi connectivity index (χ0) is 22.1. The van der Waals surface area contributed by atoms with E-state index in [-0.39, 0.29) is 12.5 Å². The molecular formula is C24H22N2O5. The van der Waals surface area contributed by atoms with Gasteiger partial charge in [-0.25, -0.2) is 10.2 Å². The molecule has 1 N–H and O–H groups in total. The molecule has 7 heteroatoms. The molecule has 0 radical (unpaired) electrons. The van der Waals surface area contributed by atoms with Gasteiger partial charge in [-0.05, 0) is 73.0 Å². The van der Waals surface area contributed by atoms with Crippen LogP contribution in [0.25, 0.3) is 6.08 Å². The van der Waals surface area contributed by atoms with Crippen LogP contribution in [0.1, 0.15) is 22.5 Å². The summed E-state index contributed by atoms with van der Waals surface area (Å²) in [7, 11) is 0. The van der Waals surface area contributed by atoms with Gasteiger partial charge in [0.15, 0.2) is 6.61 Å². The molecule has 3 rings (SSSR count). The average molecular weight is 418 g/mol. The summed E-state index contributed by atoms with van der Waals surface area (Å²) in [5.74, 6) is 0.759. The highest BCUT2D eigenvalue weighted by molar-refractivity contribution is 5.88. The van der Waals surface area contributed by atoms with Crippen molar-refractivity contribution in [3.63, 3.8) is 0 Å². The number of ether oxygens (including phenoxy) is 2. The van der Waals surface area contributed by atoms with Crippen molar-refractivity contribution in [3.8, 4) is 11.5 Å². The second-order valence-corrected chi connectivity index (χ2v) is 6.64. The third-order valence-corrected chi connectivity index (χ3v) is 4.18. The summed E-state index contributed by atoms with van der Waals surface area (Å²) in [5.41, 5.74) is 5.08. The van der Waals surface area contributed by atoms with Crippen LogP contribution in [0.4, 0.5) is 0 Å². The van der Waals surface area contributed by atoms with E-state index in [1.807, 2.05) is 32.0 Å². The van der Waals surface area contributed by atoms with E-state index in [1.54, 1.807) is 36.4 Å². The first-order valence-corrected chi connectivity index (χ1v) is 9.55. The summed E-state index contributed by atoms with van der Waals surface area (Å²) in [6.07, 6.45) is 5.81. The average Bonchev–Trinajstić information content (AvgIpc) is 3.27. The molecule has 31 heavy (non-hydrogen) atoms. The van der Waals surface area contributed by atoms with Gasteiger partial charge in [-0.3, -0.25) is 4.79 Å². The van der Waals surface area contributed by atoms with E-state index in [0.29, 0.717) is 17.3 Å². The molecule has 1 heterocycles. The van der Waals surface area contributed by atoms with Gasteiger partial charge in [0.2, 0.25) is 0 Å². The number of hydrogen-bond donors (Lipinski definition) is 1. The van der Waals surface area contributed by atoms with Crippen LogP contribution in [0.5, 0.6) is 11.5 Å². The Balaban J connectivity index is 1.44. The van der Waals surface area contributed by atoms with Crippen LogP contribution in [0.3, 0.4) is 0 Å². The molecular weight excluding hydrogens is 396 g/mol. The maximum atomic E-state index is 11.9. The number of nitrogens with one attached hydrogen (secondary N) is 1. The fourth-order valence-electron chi connectivity index (χ4n) is 2.68. The fourth-order valence-corrected chi connectivity index (χ4v) is 2.68. The minimum atomic E-state index is -0.519. The van der Waals surface area contributed by atoms with E-state index in [1.165, 1.54) is 24.6 Å². The standard InChI is InChI=1S/C24H22N2O5/c1-17-5-3-6-18(2)24(17)30-16-22(27)26-25-15-19-8-10-21(11-9-19)31-23(28)13-12-20-7-4-14-29-20/h3-15H,16H2,1-2H3,(H,26,27)/b13-12+,25-15+. The van der Waals surface area contributed by atoms with Crippen molar-refractivity contribution < 1.29 is 23.5 Å². The third kappa shape index (κ3) is 6.71. The molecule has 2 aromatic carbocycles. The van der Waals surface area contributed by atoms with Gasteiger partial charge >= 0.3 is 5.97 Å². The zero-order valence-electron chi connectivity index (χ0n) is 17.2. The minimum absolute atomic E-state index is 0.135. The highest BCUT2D eigenvalue weighted by Gasteiger charge is 2.06. The Morgan fingerprint density at radius 1 is 1.03 bits per heavy atom. The second kappa shape index (κ2) is 10.6. The van der Waals surface area contributed by atoms with Gasteiger partial charge in [0.1, 0.15) is 17.3 Å². The second-order valence-electron chi connectivity index (χ2n) is 6.64. The molecule has 0 aliphatic rings. The first-order chi connectivity index (χ1) is 15.0. The molecule has 7 nitrogen and oxygen atoms in total. The van der Waals surface area contributed by atoms with Crippen LogP contribution in [0, 0.1) is 13.8 Å². The van der Waals surface area contributed by atoms with Crippen molar-refractivity contribution in [2.75, 3.05) is 6.61 Å². The lowest BCUT2D eigenvalue weighted by Gasteiger charge is -2.10.